The van der Waals surface area contributed by atoms with Crippen molar-refractivity contribution in [2.75, 3.05) is 30.4 Å². The molecule has 1 heterocycles. The fourth-order valence-electron chi connectivity index (χ4n) is 3.84. The zero-order chi connectivity index (χ0) is 20.4. The Bertz CT molecular complexity index is 1020. The van der Waals surface area contributed by atoms with Crippen molar-refractivity contribution in [2.45, 2.75) is 33.1 Å². The maximum atomic E-state index is 12.6. The molecular weight excluding hydrogens is 364 g/mol. The summed E-state index contributed by atoms with van der Waals surface area (Å²) in [5.41, 5.74) is 4.53. The molecule has 1 aromatic heterocycles. The topological polar surface area (TPSA) is 70.2 Å². The molecule has 0 atom stereocenters. The van der Waals surface area contributed by atoms with Crippen LogP contribution in [-0.2, 0) is 4.79 Å². The van der Waals surface area contributed by atoms with Crippen LogP contribution >= 0.6 is 0 Å². The number of benzene rings is 2. The highest BCUT2D eigenvalue weighted by atomic mass is 16.5. The molecule has 1 aliphatic rings. The Morgan fingerprint density at radius 3 is 2.66 bits per heavy atom. The minimum atomic E-state index is 0.115. The zero-order valence-electron chi connectivity index (χ0n) is 17.3. The normalized spacial score (nSPS) is 13.9. The van der Waals surface area contributed by atoms with Crippen LogP contribution in [0.3, 0.4) is 0 Å². The number of carbonyl (C=O) groups excluding carboxylic acids is 1. The number of hydrogen-bond acceptors (Lipinski definition) is 4. The Hall–Kier alpha value is -3.02. The first-order chi connectivity index (χ1) is 14.1. The Morgan fingerprint density at radius 1 is 1.24 bits per heavy atom. The average Bonchev–Trinajstić information content (AvgIpc) is 3.10. The van der Waals surface area contributed by atoms with Gasteiger partial charge in [-0.05, 0) is 51.0 Å². The van der Waals surface area contributed by atoms with Crippen molar-refractivity contribution in [3.05, 3.63) is 36.4 Å². The second-order valence-corrected chi connectivity index (χ2v) is 7.46. The van der Waals surface area contributed by atoms with Crippen molar-refractivity contribution in [1.82, 2.24) is 9.97 Å². The van der Waals surface area contributed by atoms with E-state index in [1.165, 1.54) is 0 Å². The van der Waals surface area contributed by atoms with Gasteiger partial charge in [0, 0.05) is 19.0 Å². The minimum absolute atomic E-state index is 0.115. The minimum Gasteiger partial charge on any atom is -0.496 e. The standard InChI is InChI=1S/C23H28N4O2/c1-4-27(5-2)20-14-18-17(13-19(20)26-23(28)15-9-8-10-15)24-22(25-18)16-11-6-7-12-21(16)29-3/h6-7,11-15H,4-5,8-10H2,1-3H3,(H,24,25)(H,26,28). The molecule has 0 saturated heterocycles. The van der Waals surface area contributed by atoms with Crippen molar-refractivity contribution in [3.8, 4) is 17.1 Å². The maximum absolute atomic E-state index is 12.6. The molecule has 1 saturated carbocycles. The van der Waals surface area contributed by atoms with Crippen LogP contribution in [-0.4, -0.2) is 36.1 Å². The highest BCUT2D eigenvalue weighted by Gasteiger charge is 2.26. The summed E-state index contributed by atoms with van der Waals surface area (Å²) in [6.07, 6.45) is 3.10. The number of rotatable bonds is 7. The Morgan fingerprint density at radius 2 is 2.00 bits per heavy atom. The molecule has 0 aliphatic heterocycles. The van der Waals surface area contributed by atoms with E-state index >= 15 is 0 Å². The number of aromatic amines is 1. The van der Waals surface area contributed by atoms with E-state index in [2.05, 4.69) is 35.1 Å². The van der Waals surface area contributed by atoms with E-state index < -0.39 is 0 Å². The first-order valence-electron chi connectivity index (χ1n) is 10.4. The SMILES string of the molecule is CCN(CC)c1cc2[nH]c(-c3ccccc3OC)nc2cc1NC(=O)C1CCC1. The van der Waals surface area contributed by atoms with E-state index in [1.54, 1.807) is 7.11 Å². The molecule has 29 heavy (non-hydrogen) atoms. The van der Waals surface area contributed by atoms with Crippen molar-refractivity contribution < 1.29 is 9.53 Å². The molecule has 6 heteroatoms. The highest BCUT2D eigenvalue weighted by molar-refractivity contribution is 6.00. The third kappa shape index (κ3) is 3.67. The molecule has 1 aliphatic carbocycles. The Labute approximate surface area is 171 Å². The van der Waals surface area contributed by atoms with Crippen molar-refractivity contribution in [3.63, 3.8) is 0 Å². The molecule has 0 bridgehead atoms. The molecular formula is C23H28N4O2. The molecule has 3 aromatic rings. The number of H-pyrrole nitrogens is 1. The predicted octanol–water partition coefficient (Wildman–Crippen LogP) is 4.82. The molecule has 0 spiro atoms. The number of carbonyl (C=O) groups is 1. The number of nitrogens with one attached hydrogen (secondary N) is 2. The Balaban J connectivity index is 1.78. The van der Waals surface area contributed by atoms with Gasteiger partial charge in [0.25, 0.3) is 0 Å². The number of amides is 1. The summed E-state index contributed by atoms with van der Waals surface area (Å²) in [5.74, 6) is 1.78. The van der Waals surface area contributed by atoms with Gasteiger partial charge < -0.3 is 19.9 Å². The fraction of sp³-hybridized carbons (Fsp3) is 0.391. The molecule has 2 N–H and O–H groups in total. The third-order valence-corrected chi connectivity index (χ3v) is 5.80. The lowest BCUT2D eigenvalue weighted by Crippen LogP contribution is -2.29. The van der Waals surface area contributed by atoms with E-state index in [0.29, 0.717) is 0 Å². The number of nitrogens with zero attached hydrogens (tertiary/aromatic N) is 2. The maximum Gasteiger partial charge on any atom is 0.227 e. The van der Waals surface area contributed by atoms with Crippen molar-refractivity contribution in [1.29, 1.82) is 0 Å². The van der Waals surface area contributed by atoms with Crippen molar-refractivity contribution in [2.24, 2.45) is 5.92 Å². The van der Waals surface area contributed by atoms with Gasteiger partial charge in [0.2, 0.25) is 5.91 Å². The van der Waals surface area contributed by atoms with Gasteiger partial charge in [-0.1, -0.05) is 18.6 Å². The Kier molecular flexibility index (Phi) is 5.43. The molecule has 0 radical (unpaired) electrons. The largest absolute Gasteiger partial charge is 0.496 e. The third-order valence-electron chi connectivity index (χ3n) is 5.80. The van der Waals surface area contributed by atoms with Gasteiger partial charge in [0.05, 0.1) is 35.1 Å². The molecule has 2 aromatic carbocycles. The molecule has 0 unspecified atom stereocenters. The van der Waals surface area contributed by atoms with E-state index in [0.717, 1.165) is 71.9 Å². The fourth-order valence-corrected chi connectivity index (χ4v) is 3.84. The second kappa shape index (κ2) is 8.15. The summed E-state index contributed by atoms with van der Waals surface area (Å²) in [6.45, 7) is 5.97. The van der Waals surface area contributed by atoms with Gasteiger partial charge in [-0.15, -0.1) is 0 Å². The van der Waals surface area contributed by atoms with Gasteiger partial charge in [-0.3, -0.25) is 4.79 Å². The van der Waals surface area contributed by atoms with Gasteiger partial charge in [-0.25, -0.2) is 4.98 Å². The number of anilines is 2. The summed E-state index contributed by atoms with van der Waals surface area (Å²) >= 11 is 0. The smallest absolute Gasteiger partial charge is 0.227 e. The number of fused-ring (bicyclic) bond motifs is 1. The summed E-state index contributed by atoms with van der Waals surface area (Å²) in [7, 11) is 1.66. The lowest BCUT2D eigenvalue weighted by Gasteiger charge is -2.27. The number of imidazole rings is 1. The van der Waals surface area contributed by atoms with Gasteiger partial charge >= 0.3 is 0 Å². The summed E-state index contributed by atoms with van der Waals surface area (Å²) < 4.78 is 5.49. The van der Waals surface area contributed by atoms with Crippen LogP contribution in [0.2, 0.25) is 0 Å². The number of aromatic nitrogens is 2. The van der Waals surface area contributed by atoms with Crippen LogP contribution in [0.1, 0.15) is 33.1 Å². The zero-order valence-corrected chi connectivity index (χ0v) is 17.3. The lowest BCUT2D eigenvalue weighted by molar-refractivity contribution is -0.122. The van der Waals surface area contributed by atoms with Crippen molar-refractivity contribution >= 4 is 28.3 Å². The molecule has 4 rings (SSSR count). The van der Waals surface area contributed by atoms with Crippen LogP contribution in [0, 0.1) is 5.92 Å². The van der Waals surface area contributed by atoms with Crippen LogP contribution in [0.15, 0.2) is 36.4 Å². The molecule has 6 nitrogen and oxygen atoms in total. The summed E-state index contributed by atoms with van der Waals surface area (Å²) in [6, 6.07) is 11.9. The van der Waals surface area contributed by atoms with Crippen LogP contribution in [0.25, 0.3) is 22.4 Å². The van der Waals surface area contributed by atoms with Gasteiger partial charge in [-0.2, -0.15) is 0 Å². The van der Waals surface area contributed by atoms with E-state index in [4.69, 9.17) is 9.72 Å². The summed E-state index contributed by atoms with van der Waals surface area (Å²) in [4.78, 5) is 23.1. The lowest BCUT2D eigenvalue weighted by atomic mass is 9.85. The quantitative estimate of drug-likeness (QED) is 0.605. The van der Waals surface area contributed by atoms with E-state index in [9.17, 15) is 4.79 Å². The van der Waals surface area contributed by atoms with Gasteiger partial charge in [0.15, 0.2) is 0 Å². The molecule has 1 amide bonds. The monoisotopic (exact) mass is 392 g/mol. The first kappa shape index (κ1) is 19.3. The van der Waals surface area contributed by atoms with Crippen LogP contribution < -0.4 is 15.0 Å². The number of methoxy groups -OCH3 is 1. The highest BCUT2D eigenvalue weighted by Crippen LogP contribution is 2.35. The van der Waals surface area contributed by atoms with E-state index in [1.807, 2.05) is 30.3 Å². The van der Waals surface area contributed by atoms with E-state index in [-0.39, 0.29) is 11.8 Å². The number of ether oxygens (including phenoxy) is 1. The van der Waals surface area contributed by atoms with Crippen LogP contribution in [0.4, 0.5) is 11.4 Å². The second-order valence-electron chi connectivity index (χ2n) is 7.46. The number of para-hydroxylation sites is 1. The molecule has 152 valence electrons. The summed E-state index contributed by atoms with van der Waals surface area (Å²) in [5, 5.41) is 3.17. The average molecular weight is 393 g/mol. The predicted molar refractivity (Wildman–Crippen MR) is 118 cm³/mol. The van der Waals surface area contributed by atoms with Crippen LogP contribution in [0.5, 0.6) is 5.75 Å². The number of hydrogen-bond donors (Lipinski definition) is 2. The first-order valence-corrected chi connectivity index (χ1v) is 10.4. The van der Waals surface area contributed by atoms with Gasteiger partial charge in [0.1, 0.15) is 11.6 Å². The molecule has 1 fully saturated rings.